The number of rotatable bonds is 2. The van der Waals surface area contributed by atoms with Gasteiger partial charge in [0.15, 0.2) is 0 Å². The second kappa shape index (κ2) is 4.93. The zero-order valence-corrected chi connectivity index (χ0v) is 10.5. The van der Waals surface area contributed by atoms with E-state index in [0.717, 1.165) is 18.5 Å². The van der Waals surface area contributed by atoms with Crippen molar-refractivity contribution in [2.45, 2.75) is 0 Å². The maximum atomic E-state index is 13.7. The maximum absolute atomic E-state index is 13.7. The first kappa shape index (κ1) is 12.0. The normalized spacial score (nSPS) is 15.7. The molecule has 1 saturated heterocycles. The van der Waals surface area contributed by atoms with Gasteiger partial charge in [0.05, 0.1) is 18.7 Å². The highest BCUT2D eigenvalue weighted by Gasteiger charge is 2.14. The van der Waals surface area contributed by atoms with Crippen molar-refractivity contribution in [2.24, 2.45) is 0 Å². The molecule has 1 aliphatic heterocycles. The summed E-state index contributed by atoms with van der Waals surface area (Å²) >= 11 is 0. The minimum absolute atomic E-state index is 0.311. The van der Waals surface area contributed by atoms with E-state index < -0.39 is 0 Å². The van der Waals surface area contributed by atoms with Gasteiger partial charge in [0.25, 0.3) is 0 Å². The number of aromatic nitrogens is 2. The Labute approximate surface area is 110 Å². The quantitative estimate of drug-likeness (QED) is 0.829. The third-order valence-electron chi connectivity index (χ3n) is 3.20. The summed E-state index contributed by atoms with van der Waals surface area (Å²) in [7, 11) is 0. The van der Waals surface area contributed by atoms with Crippen molar-refractivity contribution in [1.82, 2.24) is 9.97 Å². The van der Waals surface area contributed by atoms with Gasteiger partial charge in [-0.05, 0) is 6.07 Å². The fraction of sp³-hybridized carbons (Fsp3) is 0.286. The van der Waals surface area contributed by atoms with Gasteiger partial charge in [0.2, 0.25) is 5.95 Å². The van der Waals surface area contributed by atoms with E-state index in [1.165, 1.54) is 12.1 Å². The van der Waals surface area contributed by atoms with Crippen molar-refractivity contribution in [3.05, 3.63) is 36.3 Å². The highest BCUT2D eigenvalue weighted by atomic mass is 19.1. The molecule has 0 amide bonds. The third-order valence-corrected chi connectivity index (χ3v) is 3.20. The van der Waals surface area contributed by atoms with Gasteiger partial charge in [-0.3, -0.25) is 0 Å². The summed E-state index contributed by atoms with van der Waals surface area (Å²) in [5, 5.41) is 0.813. The predicted molar refractivity (Wildman–Crippen MR) is 72.6 cm³/mol. The second-order valence-electron chi connectivity index (χ2n) is 4.41. The smallest absolute Gasteiger partial charge is 0.226 e. The first-order valence-electron chi connectivity index (χ1n) is 6.19. The molecule has 1 aromatic heterocycles. The molecule has 1 aliphatic rings. The number of hydrogen-bond donors (Lipinski definition) is 0. The average molecular weight is 259 g/mol. The highest BCUT2D eigenvalue weighted by Crippen LogP contribution is 2.20. The standard InChI is InChI=1S/C14H14FN3O/c1-2-10-7-11-9-16-14(17-13(11)8-12(10)15)18-3-5-19-6-4-18/h2,7-9H,1,3-6H2. The summed E-state index contributed by atoms with van der Waals surface area (Å²) in [4.78, 5) is 10.8. The Morgan fingerprint density at radius 1 is 1.32 bits per heavy atom. The molecule has 0 unspecified atom stereocenters. The Balaban J connectivity index is 2.02. The fourth-order valence-electron chi connectivity index (χ4n) is 2.13. The second-order valence-corrected chi connectivity index (χ2v) is 4.41. The van der Waals surface area contributed by atoms with Crippen LogP contribution < -0.4 is 4.90 Å². The number of anilines is 1. The molecule has 98 valence electrons. The summed E-state index contributed by atoms with van der Waals surface area (Å²) in [6, 6.07) is 3.14. The van der Waals surface area contributed by atoms with Crippen LogP contribution in [0.2, 0.25) is 0 Å². The van der Waals surface area contributed by atoms with Crippen molar-refractivity contribution < 1.29 is 9.13 Å². The number of benzene rings is 1. The van der Waals surface area contributed by atoms with Crippen LogP contribution >= 0.6 is 0 Å². The largest absolute Gasteiger partial charge is 0.378 e. The van der Waals surface area contributed by atoms with Crippen LogP contribution in [0.3, 0.4) is 0 Å². The van der Waals surface area contributed by atoms with Gasteiger partial charge in [-0.2, -0.15) is 0 Å². The topological polar surface area (TPSA) is 38.2 Å². The van der Waals surface area contributed by atoms with Crippen LogP contribution in [0, 0.1) is 5.82 Å². The van der Waals surface area contributed by atoms with E-state index in [9.17, 15) is 4.39 Å². The molecule has 0 atom stereocenters. The lowest BCUT2D eigenvalue weighted by Gasteiger charge is -2.26. The predicted octanol–water partition coefficient (Wildman–Crippen LogP) is 2.25. The molecule has 0 N–H and O–H groups in total. The highest BCUT2D eigenvalue weighted by molar-refractivity contribution is 5.81. The van der Waals surface area contributed by atoms with Crippen molar-refractivity contribution in [3.8, 4) is 0 Å². The van der Waals surface area contributed by atoms with Gasteiger partial charge < -0.3 is 9.64 Å². The SMILES string of the molecule is C=Cc1cc2cnc(N3CCOCC3)nc2cc1F. The first-order valence-corrected chi connectivity index (χ1v) is 6.19. The van der Waals surface area contributed by atoms with E-state index in [0.29, 0.717) is 30.2 Å². The zero-order chi connectivity index (χ0) is 13.2. The van der Waals surface area contributed by atoms with E-state index in [2.05, 4.69) is 16.5 Å². The molecule has 0 spiro atoms. The van der Waals surface area contributed by atoms with Crippen LogP contribution in [0.15, 0.2) is 24.9 Å². The lowest BCUT2D eigenvalue weighted by molar-refractivity contribution is 0.122. The summed E-state index contributed by atoms with van der Waals surface area (Å²) in [6.45, 7) is 6.46. The van der Waals surface area contributed by atoms with Crippen LogP contribution in [-0.2, 0) is 4.74 Å². The Kier molecular flexibility index (Phi) is 3.13. The van der Waals surface area contributed by atoms with Crippen molar-refractivity contribution in [1.29, 1.82) is 0 Å². The van der Waals surface area contributed by atoms with Crippen molar-refractivity contribution >= 4 is 22.9 Å². The molecule has 0 saturated carbocycles. The molecule has 19 heavy (non-hydrogen) atoms. The molecule has 0 aliphatic carbocycles. The molecule has 5 heteroatoms. The van der Waals surface area contributed by atoms with Gasteiger partial charge in [-0.1, -0.05) is 12.7 Å². The van der Waals surface area contributed by atoms with E-state index in [4.69, 9.17) is 4.74 Å². The molecular weight excluding hydrogens is 245 g/mol. The minimum atomic E-state index is -0.311. The zero-order valence-electron chi connectivity index (χ0n) is 10.5. The lowest BCUT2D eigenvalue weighted by Crippen LogP contribution is -2.37. The van der Waals surface area contributed by atoms with E-state index in [1.54, 1.807) is 12.3 Å². The number of halogens is 1. The van der Waals surface area contributed by atoms with Crippen molar-refractivity contribution in [3.63, 3.8) is 0 Å². The van der Waals surface area contributed by atoms with Crippen LogP contribution in [0.25, 0.3) is 17.0 Å². The van der Waals surface area contributed by atoms with Crippen LogP contribution in [-0.4, -0.2) is 36.3 Å². The van der Waals surface area contributed by atoms with Crippen molar-refractivity contribution in [2.75, 3.05) is 31.2 Å². The molecule has 0 radical (unpaired) electrons. The summed E-state index contributed by atoms with van der Waals surface area (Å²) in [6.07, 6.45) is 3.21. The molecule has 2 heterocycles. The number of ether oxygens (including phenoxy) is 1. The minimum Gasteiger partial charge on any atom is -0.378 e. The lowest BCUT2D eigenvalue weighted by atomic mass is 10.1. The molecule has 3 rings (SSSR count). The average Bonchev–Trinajstić information content (AvgIpc) is 2.47. The van der Waals surface area contributed by atoms with Gasteiger partial charge >= 0.3 is 0 Å². The maximum Gasteiger partial charge on any atom is 0.226 e. The summed E-state index contributed by atoms with van der Waals surface area (Å²) in [5.41, 5.74) is 1.08. The van der Waals surface area contributed by atoms with E-state index in [1.807, 2.05) is 4.90 Å². The van der Waals surface area contributed by atoms with E-state index in [-0.39, 0.29) is 5.82 Å². The van der Waals surface area contributed by atoms with Gasteiger partial charge in [0, 0.05) is 36.3 Å². The monoisotopic (exact) mass is 259 g/mol. The number of fused-ring (bicyclic) bond motifs is 1. The molecular formula is C14H14FN3O. The van der Waals surface area contributed by atoms with Gasteiger partial charge in [0.1, 0.15) is 5.82 Å². The number of nitrogens with zero attached hydrogens (tertiary/aromatic N) is 3. The molecule has 1 fully saturated rings. The van der Waals surface area contributed by atoms with Crippen LogP contribution in [0.1, 0.15) is 5.56 Å². The number of hydrogen-bond acceptors (Lipinski definition) is 4. The Hall–Kier alpha value is -2.01. The van der Waals surface area contributed by atoms with Crippen LogP contribution in [0.4, 0.5) is 10.3 Å². The third kappa shape index (κ3) is 2.29. The first-order chi connectivity index (χ1) is 9.28. The molecule has 0 bridgehead atoms. The molecule has 4 nitrogen and oxygen atoms in total. The number of morpholine rings is 1. The summed E-state index contributed by atoms with van der Waals surface area (Å²) < 4.78 is 19.0. The van der Waals surface area contributed by atoms with Gasteiger partial charge in [-0.25, -0.2) is 14.4 Å². The fourth-order valence-corrected chi connectivity index (χ4v) is 2.13. The Morgan fingerprint density at radius 3 is 2.84 bits per heavy atom. The van der Waals surface area contributed by atoms with Gasteiger partial charge in [-0.15, -0.1) is 0 Å². The Bertz CT molecular complexity index is 623. The van der Waals surface area contributed by atoms with Crippen LogP contribution in [0.5, 0.6) is 0 Å². The summed E-state index contributed by atoms with van der Waals surface area (Å²) in [5.74, 6) is 0.315. The molecule has 2 aromatic rings. The molecule has 1 aromatic carbocycles. The van der Waals surface area contributed by atoms with E-state index >= 15 is 0 Å². The Morgan fingerprint density at radius 2 is 2.11 bits per heavy atom.